The quantitative estimate of drug-likeness (QED) is 0.148. The van der Waals surface area contributed by atoms with Crippen molar-refractivity contribution in [3.8, 4) is 0 Å². The van der Waals surface area contributed by atoms with E-state index in [0.29, 0.717) is 26.3 Å². The lowest BCUT2D eigenvalue weighted by molar-refractivity contribution is -0.121. The predicted octanol–water partition coefficient (Wildman–Crippen LogP) is 7.18. The average molecular weight is 723 g/mol. The molecule has 216 valence electrons. The monoisotopic (exact) mass is 721 g/mol. The van der Waals surface area contributed by atoms with Crippen molar-refractivity contribution in [2.24, 2.45) is 0 Å². The summed E-state index contributed by atoms with van der Waals surface area (Å²) in [5.41, 5.74) is 1.14. The van der Waals surface area contributed by atoms with Crippen molar-refractivity contribution in [3.63, 3.8) is 0 Å². The highest BCUT2D eigenvalue weighted by atomic mass is 79.9. The lowest BCUT2D eigenvalue weighted by Gasteiger charge is -2.17. The first-order valence-corrected chi connectivity index (χ1v) is 15.4. The maximum atomic E-state index is 14.4. The van der Waals surface area contributed by atoms with E-state index in [2.05, 4.69) is 42.5 Å². The molecular weight excluding hydrogens is 701 g/mol. The van der Waals surface area contributed by atoms with Gasteiger partial charge in [0.15, 0.2) is 0 Å². The van der Waals surface area contributed by atoms with Gasteiger partial charge in [-0.25, -0.2) is 9.29 Å². The first-order chi connectivity index (χ1) is 20.7. The van der Waals surface area contributed by atoms with E-state index in [1.165, 1.54) is 40.9 Å². The van der Waals surface area contributed by atoms with E-state index in [-0.39, 0.29) is 29.5 Å². The highest BCUT2D eigenvalue weighted by molar-refractivity contribution is 9.11. The van der Waals surface area contributed by atoms with Crippen LogP contribution in [0.3, 0.4) is 0 Å². The summed E-state index contributed by atoms with van der Waals surface area (Å²) in [4.78, 5) is 54.1. The zero-order chi connectivity index (χ0) is 30.5. The minimum absolute atomic E-state index is 0.0175. The van der Waals surface area contributed by atoms with E-state index in [9.17, 15) is 23.6 Å². The molecule has 5 rings (SSSR count). The molecule has 0 aliphatic carbocycles. The number of benzene rings is 4. The number of hydrogen-bond acceptors (Lipinski definition) is 5. The third kappa shape index (κ3) is 7.30. The van der Waals surface area contributed by atoms with E-state index in [4.69, 9.17) is 0 Å². The van der Waals surface area contributed by atoms with Crippen molar-refractivity contribution >= 4 is 84.7 Å². The molecule has 1 aliphatic rings. The number of imide groups is 1. The van der Waals surface area contributed by atoms with E-state index >= 15 is 0 Å². The molecule has 0 radical (unpaired) electrons. The van der Waals surface area contributed by atoms with Crippen LogP contribution >= 0.6 is 43.6 Å². The molecule has 43 heavy (non-hydrogen) atoms. The molecule has 4 aromatic carbocycles. The predicted molar refractivity (Wildman–Crippen MR) is 172 cm³/mol. The number of carbonyl (C=O) groups excluding carboxylic acids is 4. The fourth-order valence-electron chi connectivity index (χ4n) is 4.31. The third-order valence-corrected chi connectivity index (χ3v) is 8.67. The second kappa shape index (κ2) is 13.5. The van der Waals surface area contributed by atoms with Crippen LogP contribution < -0.4 is 15.5 Å². The number of thioether (sulfide) groups is 1. The number of carbonyl (C=O) groups is 4. The largest absolute Gasteiger partial charge is 0.321 e. The number of halogens is 3. The van der Waals surface area contributed by atoms with Gasteiger partial charge in [0.25, 0.3) is 11.8 Å². The summed E-state index contributed by atoms with van der Waals surface area (Å²) in [7, 11) is 0. The van der Waals surface area contributed by atoms with Gasteiger partial charge in [0, 0.05) is 37.1 Å². The van der Waals surface area contributed by atoms with Crippen LogP contribution in [-0.4, -0.2) is 28.9 Å². The number of amides is 4. The van der Waals surface area contributed by atoms with E-state index in [1.807, 2.05) is 0 Å². The number of hydrogen-bond donors (Lipinski definition) is 2. The molecule has 1 saturated heterocycles. The molecule has 2 N–H and O–H groups in total. The first-order valence-electron chi connectivity index (χ1n) is 12.9. The molecule has 11 heteroatoms. The first kappa shape index (κ1) is 30.4. The van der Waals surface area contributed by atoms with Crippen LogP contribution in [0.4, 0.5) is 15.8 Å². The standard InChI is InChI=1S/C32H22Br2FN3O4S/c33-21-13-14-27(24(34)16-21)38-29(39)18-28(32(38)42)43-23-11-6-10-22(17-23)36-31(41)26(15-20-9-4-5-12-25(20)35)37-30(40)19-7-2-1-3-8-19/h1-17,28H,18H2,(H,36,41)(H,37,40)/b26-15-/t28-/m1/s1. The van der Waals surface area contributed by atoms with Crippen molar-refractivity contribution in [2.45, 2.75) is 16.6 Å². The summed E-state index contributed by atoms with van der Waals surface area (Å²) < 4.78 is 15.8. The zero-order valence-electron chi connectivity index (χ0n) is 22.2. The summed E-state index contributed by atoms with van der Waals surface area (Å²) in [6.45, 7) is 0. The Balaban J connectivity index is 1.34. The van der Waals surface area contributed by atoms with Crippen LogP contribution in [-0.2, 0) is 14.4 Å². The van der Waals surface area contributed by atoms with Crippen molar-refractivity contribution in [1.82, 2.24) is 5.32 Å². The zero-order valence-corrected chi connectivity index (χ0v) is 26.2. The molecule has 0 unspecified atom stereocenters. The Morgan fingerprint density at radius 1 is 0.907 bits per heavy atom. The highest BCUT2D eigenvalue weighted by Gasteiger charge is 2.41. The smallest absolute Gasteiger partial charge is 0.272 e. The van der Waals surface area contributed by atoms with Crippen LogP contribution in [0.15, 0.2) is 117 Å². The molecule has 1 heterocycles. The van der Waals surface area contributed by atoms with Gasteiger partial charge in [-0.05, 0) is 76.6 Å². The summed E-state index contributed by atoms with van der Waals surface area (Å²) in [6, 6.07) is 26.2. The second-order valence-electron chi connectivity index (χ2n) is 9.36. The Labute approximate surface area is 267 Å². The summed E-state index contributed by atoms with van der Waals surface area (Å²) >= 11 is 8.00. The van der Waals surface area contributed by atoms with Crippen LogP contribution in [0.1, 0.15) is 22.3 Å². The van der Waals surface area contributed by atoms with Gasteiger partial charge in [-0.15, -0.1) is 11.8 Å². The molecule has 0 saturated carbocycles. The summed E-state index contributed by atoms with van der Waals surface area (Å²) in [6.07, 6.45) is 1.28. The molecule has 1 fully saturated rings. The fourth-order valence-corrected chi connectivity index (χ4v) is 6.65. The van der Waals surface area contributed by atoms with Crippen molar-refractivity contribution < 1.29 is 23.6 Å². The minimum Gasteiger partial charge on any atom is -0.321 e. The SMILES string of the molecule is O=C(Nc1cccc(S[C@@H]2CC(=O)N(c3ccc(Br)cc3Br)C2=O)c1)/C(=C/c1ccccc1F)NC(=O)c1ccccc1. The van der Waals surface area contributed by atoms with Gasteiger partial charge in [-0.1, -0.05) is 58.4 Å². The lowest BCUT2D eigenvalue weighted by Crippen LogP contribution is -2.31. The molecule has 4 aromatic rings. The van der Waals surface area contributed by atoms with Gasteiger partial charge in [0.05, 0.1) is 10.9 Å². The van der Waals surface area contributed by atoms with Crippen molar-refractivity contribution in [1.29, 1.82) is 0 Å². The van der Waals surface area contributed by atoms with Crippen molar-refractivity contribution in [3.05, 3.63) is 129 Å². The summed E-state index contributed by atoms with van der Waals surface area (Å²) in [5.74, 6) is -2.42. The molecule has 0 aromatic heterocycles. The Morgan fingerprint density at radius 2 is 1.65 bits per heavy atom. The Hall–Kier alpha value is -4.06. The average Bonchev–Trinajstić information content (AvgIpc) is 3.26. The topological polar surface area (TPSA) is 95.6 Å². The maximum Gasteiger partial charge on any atom is 0.272 e. The van der Waals surface area contributed by atoms with Crippen molar-refractivity contribution in [2.75, 3.05) is 10.2 Å². The number of nitrogens with zero attached hydrogens (tertiary/aromatic N) is 1. The van der Waals surface area contributed by atoms with E-state index < -0.39 is 22.9 Å². The van der Waals surface area contributed by atoms with Gasteiger partial charge < -0.3 is 10.6 Å². The van der Waals surface area contributed by atoms with Crippen LogP contribution in [0.25, 0.3) is 6.08 Å². The van der Waals surface area contributed by atoms with Gasteiger partial charge in [-0.3, -0.25) is 19.2 Å². The van der Waals surface area contributed by atoms with Gasteiger partial charge in [-0.2, -0.15) is 0 Å². The minimum atomic E-state index is -0.673. The molecule has 0 bridgehead atoms. The Kier molecular flexibility index (Phi) is 9.54. The summed E-state index contributed by atoms with van der Waals surface area (Å²) in [5, 5.41) is 4.67. The normalized spacial score (nSPS) is 15.0. The molecule has 4 amide bonds. The number of nitrogens with one attached hydrogen (secondary N) is 2. The van der Waals surface area contributed by atoms with Crippen LogP contribution in [0.5, 0.6) is 0 Å². The van der Waals surface area contributed by atoms with E-state index in [1.54, 1.807) is 78.9 Å². The number of rotatable bonds is 8. The van der Waals surface area contributed by atoms with Crippen LogP contribution in [0, 0.1) is 5.82 Å². The van der Waals surface area contributed by atoms with Crippen LogP contribution in [0.2, 0.25) is 0 Å². The Morgan fingerprint density at radius 3 is 2.40 bits per heavy atom. The second-order valence-corrected chi connectivity index (χ2v) is 12.4. The molecular formula is C32H22Br2FN3O4S. The van der Waals surface area contributed by atoms with E-state index in [0.717, 1.165) is 4.47 Å². The fraction of sp³-hybridized carbons (Fsp3) is 0.0625. The van der Waals surface area contributed by atoms with Gasteiger partial charge in [0.2, 0.25) is 11.8 Å². The highest BCUT2D eigenvalue weighted by Crippen LogP contribution is 2.38. The van der Waals surface area contributed by atoms with Gasteiger partial charge in [0.1, 0.15) is 11.5 Å². The lowest BCUT2D eigenvalue weighted by atomic mass is 10.1. The number of anilines is 2. The maximum absolute atomic E-state index is 14.4. The van der Waals surface area contributed by atoms with Gasteiger partial charge >= 0.3 is 0 Å². The Bertz CT molecular complexity index is 1770. The molecule has 1 aliphatic heterocycles. The molecule has 7 nitrogen and oxygen atoms in total. The molecule has 0 spiro atoms. The molecule has 1 atom stereocenters. The third-order valence-electron chi connectivity index (χ3n) is 6.36.